The Labute approximate surface area is 89.6 Å². The van der Waals surface area contributed by atoms with E-state index >= 15 is 0 Å². The monoisotopic (exact) mass is 223 g/mol. The van der Waals surface area contributed by atoms with E-state index in [1.807, 2.05) is 0 Å². The number of nitrogens with zero attached hydrogens (tertiary/aromatic N) is 3. The van der Waals surface area contributed by atoms with Gasteiger partial charge in [0, 0.05) is 10.6 Å². The van der Waals surface area contributed by atoms with Crippen LogP contribution in [0.2, 0.25) is 5.02 Å². The number of carbonyl (C=O) groups excluding carboxylic acids is 1. The number of hydrogen-bond acceptors (Lipinski definition) is 4. The third-order valence-corrected chi connectivity index (χ3v) is 1.93. The zero-order chi connectivity index (χ0) is 10.7. The predicted octanol–water partition coefficient (Wildman–Crippen LogP) is 1.11. The van der Waals surface area contributed by atoms with Crippen LogP contribution in [0.1, 0.15) is 10.4 Å². The number of amides is 1. The molecule has 2 N–H and O–H groups in total. The molecular weight excluding hydrogens is 218 g/mol. The van der Waals surface area contributed by atoms with Crippen molar-refractivity contribution in [3.63, 3.8) is 0 Å². The van der Waals surface area contributed by atoms with Crippen LogP contribution in [0, 0.1) is 0 Å². The lowest BCUT2D eigenvalue weighted by Gasteiger charge is -1.99. The van der Waals surface area contributed by atoms with Crippen LogP contribution in [0.15, 0.2) is 24.3 Å². The average Bonchev–Trinajstić information content (AvgIpc) is 2.71. The number of anilines is 1. The minimum Gasteiger partial charge on any atom is -0.288 e. The van der Waals surface area contributed by atoms with E-state index in [2.05, 4.69) is 25.9 Å². The third-order valence-electron chi connectivity index (χ3n) is 1.68. The van der Waals surface area contributed by atoms with E-state index in [-0.39, 0.29) is 11.9 Å². The van der Waals surface area contributed by atoms with E-state index in [0.29, 0.717) is 10.6 Å². The first-order valence-corrected chi connectivity index (χ1v) is 4.44. The van der Waals surface area contributed by atoms with Gasteiger partial charge in [0.2, 0.25) is 0 Å². The van der Waals surface area contributed by atoms with Gasteiger partial charge in [-0.25, -0.2) is 0 Å². The van der Waals surface area contributed by atoms with Crippen molar-refractivity contribution in [2.24, 2.45) is 0 Å². The number of aromatic nitrogens is 4. The SMILES string of the molecule is O=C(Nc1nn[nH]n1)c1ccc(Cl)cc1. The van der Waals surface area contributed by atoms with Crippen LogP contribution >= 0.6 is 11.6 Å². The number of hydrogen-bond donors (Lipinski definition) is 2. The molecule has 15 heavy (non-hydrogen) atoms. The third kappa shape index (κ3) is 2.29. The summed E-state index contributed by atoms with van der Waals surface area (Å²) in [5, 5.41) is 15.8. The molecule has 2 rings (SSSR count). The first-order valence-electron chi connectivity index (χ1n) is 4.06. The molecule has 6 nitrogen and oxygen atoms in total. The molecule has 7 heteroatoms. The summed E-state index contributed by atoms with van der Waals surface area (Å²) >= 11 is 5.69. The fourth-order valence-corrected chi connectivity index (χ4v) is 1.12. The number of carbonyl (C=O) groups is 1. The molecule has 2 aromatic rings. The highest BCUT2D eigenvalue weighted by molar-refractivity contribution is 6.30. The number of halogens is 1. The molecule has 0 spiro atoms. The van der Waals surface area contributed by atoms with Gasteiger partial charge in [0.1, 0.15) is 0 Å². The molecule has 0 atom stereocenters. The Kier molecular flexibility index (Phi) is 2.59. The van der Waals surface area contributed by atoms with E-state index < -0.39 is 0 Å². The van der Waals surface area contributed by atoms with E-state index in [1.165, 1.54) is 0 Å². The summed E-state index contributed by atoms with van der Waals surface area (Å²) in [7, 11) is 0. The van der Waals surface area contributed by atoms with Crippen molar-refractivity contribution in [1.29, 1.82) is 0 Å². The van der Waals surface area contributed by atoms with Crippen LogP contribution in [0.25, 0.3) is 0 Å². The molecule has 0 saturated heterocycles. The molecule has 0 radical (unpaired) electrons. The van der Waals surface area contributed by atoms with Gasteiger partial charge in [0.25, 0.3) is 11.9 Å². The average molecular weight is 224 g/mol. The van der Waals surface area contributed by atoms with Gasteiger partial charge in [-0.05, 0) is 29.5 Å². The van der Waals surface area contributed by atoms with Crippen molar-refractivity contribution in [2.75, 3.05) is 5.32 Å². The van der Waals surface area contributed by atoms with Crippen LogP contribution in [0.4, 0.5) is 5.95 Å². The van der Waals surface area contributed by atoms with Crippen molar-refractivity contribution < 1.29 is 4.79 Å². The Balaban J connectivity index is 2.11. The number of aromatic amines is 1. The highest BCUT2D eigenvalue weighted by atomic mass is 35.5. The Morgan fingerprint density at radius 2 is 2.07 bits per heavy atom. The second-order valence-corrected chi connectivity index (χ2v) is 3.13. The Morgan fingerprint density at radius 1 is 1.33 bits per heavy atom. The van der Waals surface area contributed by atoms with Gasteiger partial charge < -0.3 is 0 Å². The number of H-pyrrole nitrogens is 1. The summed E-state index contributed by atoms with van der Waals surface area (Å²) in [5.41, 5.74) is 0.476. The summed E-state index contributed by atoms with van der Waals surface area (Å²) in [6.07, 6.45) is 0. The van der Waals surface area contributed by atoms with Gasteiger partial charge >= 0.3 is 0 Å². The number of tetrazole rings is 1. The second kappa shape index (κ2) is 4.05. The topological polar surface area (TPSA) is 83.6 Å². The standard InChI is InChI=1S/C8H6ClN5O/c9-6-3-1-5(2-4-6)7(15)10-8-11-13-14-12-8/h1-4H,(H2,10,11,12,13,14,15). The van der Waals surface area contributed by atoms with Crippen molar-refractivity contribution in [2.45, 2.75) is 0 Å². The fraction of sp³-hybridized carbons (Fsp3) is 0. The van der Waals surface area contributed by atoms with Crippen molar-refractivity contribution >= 4 is 23.5 Å². The maximum Gasteiger partial charge on any atom is 0.270 e. The van der Waals surface area contributed by atoms with Crippen LogP contribution in [-0.4, -0.2) is 26.5 Å². The van der Waals surface area contributed by atoms with Crippen LogP contribution in [-0.2, 0) is 0 Å². The lowest BCUT2D eigenvalue weighted by Crippen LogP contribution is -2.12. The van der Waals surface area contributed by atoms with E-state index in [4.69, 9.17) is 11.6 Å². The van der Waals surface area contributed by atoms with Crippen molar-refractivity contribution in [3.05, 3.63) is 34.9 Å². The van der Waals surface area contributed by atoms with Gasteiger partial charge in [0.05, 0.1) is 0 Å². The molecule has 0 aliphatic rings. The maximum atomic E-state index is 11.5. The van der Waals surface area contributed by atoms with Crippen molar-refractivity contribution in [1.82, 2.24) is 20.6 Å². The summed E-state index contributed by atoms with van der Waals surface area (Å²) in [6.45, 7) is 0. The van der Waals surface area contributed by atoms with E-state index in [0.717, 1.165) is 0 Å². The summed E-state index contributed by atoms with van der Waals surface area (Å²) in [6, 6.07) is 6.48. The molecular formula is C8H6ClN5O. The molecule has 1 heterocycles. The molecule has 0 unspecified atom stereocenters. The van der Waals surface area contributed by atoms with Crippen LogP contribution in [0.5, 0.6) is 0 Å². The lowest BCUT2D eigenvalue weighted by molar-refractivity contribution is 0.102. The lowest BCUT2D eigenvalue weighted by atomic mass is 10.2. The van der Waals surface area contributed by atoms with Gasteiger partial charge in [-0.1, -0.05) is 16.7 Å². The molecule has 0 saturated carbocycles. The highest BCUT2D eigenvalue weighted by Crippen LogP contribution is 2.10. The molecule has 0 aliphatic carbocycles. The first kappa shape index (κ1) is 9.60. The molecule has 76 valence electrons. The van der Waals surface area contributed by atoms with Crippen LogP contribution < -0.4 is 5.32 Å². The Morgan fingerprint density at radius 3 is 2.67 bits per heavy atom. The first-order chi connectivity index (χ1) is 7.25. The predicted molar refractivity (Wildman–Crippen MR) is 53.6 cm³/mol. The summed E-state index contributed by atoms with van der Waals surface area (Å²) < 4.78 is 0. The molecule has 0 aliphatic heterocycles. The Hall–Kier alpha value is -1.95. The molecule has 1 amide bonds. The maximum absolute atomic E-state index is 11.5. The van der Waals surface area contributed by atoms with Crippen molar-refractivity contribution in [3.8, 4) is 0 Å². The number of nitrogens with one attached hydrogen (secondary N) is 2. The normalized spacial score (nSPS) is 9.93. The minimum absolute atomic E-state index is 0.134. The smallest absolute Gasteiger partial charge is 0.270 e. The highest BCUT2D eigenvalue weighted by Gasteiger charge is 2.07. The summed E-state index contributed by atoms with van der Waals surface area (Å²) in [4.78, 5) is 11.5. The van der Waals surface area contributed by atoms with E-state index in [1.54, 1.807) is 24.3 Å². The molecule has 1 aromatic carbocycles. The van der Waals surface area contributed by atoms with Gasteiger partial charge in [-0.2, -0.15) is 5.21 Å². The number of benzene rings is 1. The zero-order valence-electron chi connectivity index (χ0n) is 7.44. The minimum atomic E-state index is -0.312. The molecule has 0 fully saturated rings. The van der Waals surface area contributed by atoms with E-state index in [9.17, 15) is 4.79 Å². The fourth-order valence-electron chi connectivity index (χ4n) is 0.990. The zero-order valence-corrected chi connectivity index (χ0v) is 8.19. The van der Waals surface area contributed by atoms with Crippen LogP contribution in [0.3, 0.4) is 0 Å². The molecule has 0 bridgehead atoms. The number of rotatable bonds is 2. The van der Waals surface area contributed by atoms with Gasteiger partial charge in [-0.15, -0.1) is 5.10 Å². The second-order valence-electron chi connectivity index (χ2n) is 2.70. The van der Waals surface area contributed by atoms with Gasteiger partial charge in [-0.3, -0.25) is 10.1 Å². The Bertz CT molecular complexity index is 452. The van der Waals surface area contributed by atoms with Gasteiger partial charge in [0.15, 0.2) is 0 Å². The molecule has 1 aromatic heterocycles. The summed E-state index contributed by atoms with van der Waals surface area (Å²) in [5.74, 6) is -0.178. The largest absolute Gasteiger partial charge is 0.288 e. The quantitative estimate of drug-likeness (QED) is 0.799.